The summed E-state index contributed by atoms with van der Waals surface area (Å²) >= 11 is 6.97. The summed E-state index contributed by atoms with van der Waals surface area (Å²) in [6.07, 6.45) is 1.11. The van der Waals surface area contributed by atoms with E-state index in [1.807, 2.05) is 36.4 Å². The van der Waals surface area contributed by atoms with Crippen molar-refractivity contribution in [2.75, 3.05) is 6.54 Å². The molecule has 0 saturated carbocycles. The second-order valence-electron chi connectivity index (χ2n) is 4.91. The van der Waals surface area contributed by atoms with E-state index in [-0.39, 0.29) is 6.04 Å². The number of benzene rings is 2. The summed E-state index contributed by atoms with van der Waals surface area (Å²) in [5, 5.41) is 3.50. The highest BCUT2D eigenvalue weighted by molar-refractivity contribution is 9.10. The van der Waals surface area contributed by atoms with Gasteiger partial charge in [0.25, 0.3) is 0 Å². The highest BCUT2D eigenvalue weighted by Crippen LogP contribution is 2.32. The van der Waals surface area contributed by atoms with Gasteiger partial charge in [-0.25, -0.2) is 0 Å². The molecule has 0 aliphatic carbocycles. The fourth-order valence-electron chi connectivity index (χ4n) is 2.05. The first-order valence-electron chi connectivity index (χ1n) is 7.06. The highest BCUT2D eigenvalue weighted by Gasteiger charge is 2.12. The van der Waals surface area contributed by atoms with Gasteiger partial charge in [-0.15, -0.1) is 0 Å². The molecule has 4 heteroatoms. The van der Waals surface area contributed by atoms with Gasteiger partial charge in [0.1, 0.15) is 11.5 Å². The second-order valence-corrected chi connectivity index (χ2v) is 6.75. The number of nitrogens with one attached hydrogen (secondary N) is 1. The van der Waals surface area contributed by atoms with Gasteiger partial charge in [-0.2, -0.15) is 0 Å². The van der Waals surface area contributed by atoms with Crippen LogP contribution in [0.3, 0.4) is 0 Å². The monoisotopic (exact) mass is 411 g/mol. The van der Waals surface area contributed by atoms with E-state index in [2.05, 4.69) is 57.1 Å². The van der Waals surface area contributed by atoms with Crippen molar-refractivity contribution >= 4 is 31.9 Å². The Balaban J connectivity index is 2.23. The molecule has 0 aromatic heterocycles. The molecule has 1 atom stereocenters. The smallest absolute Gasteiger partial charge is 0.132 e. The van der Waals surface area contributed by atoms with Crippen LogP contribution < -0.4 is 10.1 Å². The Morgan fingerprint density at radius 3 is 2.38 bits per heavy atom. The Labute approximate surface area is 143 Å². The van der Waals surface area contributed by atoms with Crippen molar-refractivity contribution in [2.45, 2.75) is 26.3 Å². The third kappa shape index (κ3) is 4.83. The van der Waals surface area contributed by atoms with Crippen molar-refractivity contribution in [3.05, 3.63) is 57.0 Å². The van der Waals surface area contributed by atoms with E-state index in [1.54, 1.807) is 0 Å². The molecule has 0 amide bonds. The predicted octanol–water partition coefficient (Wildman–Crippen LogP) is 6.06. The van der Waals surface area contributed by atoms with Gasteiger partial charge in [0.05, 0.1) is 0 Å². The summed E-state index contributed by atoms with van der Waals surface area (Å²) in [6, 6.07) is 14.2. The number of hydrogen-bond donors (Lipinski definition) is 1. The van der Waals surface area contributed by atoms with Crippen molar-refractivity contribution in [3.63, 3.8) is 0 Å². The standard InChI is InChI=1S/C17H19Br2NO/c1-3-10-20-12(2)16-11-14(19)6-9-17(16)21-15-7-4-13(18)5-8-15/h4-9,11-12,20H,3,10H2,1-2H3. The quantitative estimate of drug-likeness (QED) is 0.622. The van der Waals surface area contributed by atoms with Crippen LogP contribution in [0, 0.1) is 0 Å². The molecule has 2 aromatic carbocycles. The molecule has 0 aliphatic rings. The topological polar surface area (TPSA) is 21.3 Å². The van der Waals surface area contributed by atoms with E-state index in [0.29, 0.717) is 0 Å². The molecule has 0 fully saturated rings. The summed E-state index contributed by atoms with van der Waals surface area (Å²) in [4.78, 5) is 0. The zero-order valence-corrected chi connectivity index (χ0v) is 15.4. The van der Waals surface area contributed by atoms with Crippen LogP contribution in [0.5, 0.6) is 11.5 Å². The van der Waals surface area contributed by atoms with Crippen LogP contribution >= 0.6 is 31.9 Å². The van der Waals surface area contributed by atoms with Crippen LogP contribution in [0.4, 0.5) is 0 Å². The summed E-state index contributed by atoms with van der Waals surface area (Å²) < 4.78 is 8.15. The van der Waals surface area contributed by atoms with Crippen LogP contribution in [0.15, 0.2) is 51.4 Å². The fraction of sp³-hybridized carbons (Fsp3) is 0.294. The zero-order valence-electron chi connectivity index (χ0n) is 12.2. The number of rotatable bonds is 6. The molecule has 0 spiro atoms. The highest BCUT2D eigenvalue weighted by atomic mass is 79.9. The molecule has 1 unspecified atom stereocenters. The lowest BCUT2D eigenvalue weighted by Crippen LogP contribution is -2.19. The van der Waals surface area contributed by atoms with E-state index in [0.717, 1.165) is 39.0 Å². The van der Waals surface area contributed by atoms with Crippen LogP contribution in [0.25, 0.3) is 0 Å². The molecule has 2 nitrogen and oxygen atoms in total. The van der Waals surface area contributed by atoms with E-state index >= 15 is 0 Å². The Bertz CT molecular complexity index is 584. The van der Waals surface area contributed by atoms with Crippen LogP contribution in [0.1, 0.15) is 31.9 Å². The van der Waals surface area contributed by atoms with Gasteiger partial charge in [-0.05, 0) is 62.4 Å². The van der Waals surface area contributed by atoms with Crippen molar-refractivity contribution in [2.24, 2.45) is 0 Å². The molecule has 2 aromatic rings. The lowest BCUT2D eigenvalue weighted by atomic mass is 10.1. The van der Waals surface area contributed by atoms with E-state index in [4.69, 9.17) is 4.74 Å². The maximum atomic E-state index is 6.04. The van der Waals surface area contributed by atoms with Gasteiger partial charge in [-0.1, -0.05) is 38.8 Å². The Morgan fingerprint density at radius 1 is 1.05 bits per heavy atom. The molecular weight excluding hydrogens is 394 g/mol. The van der Waals surface area contributed by atoms with Gasteiger partial charge in [0.2, 0.25) is 0 Å². The van der Waals surface area contributed by atoms with Gasteiger partial charge in [-0.3, -0.25) is 0 Å². The SMILES string of the molecule is CCCNC(C)c1cc(Br)ccc1Oc1ccc(Br)cc1. The number of ether oxygens (including phenoxy) is 1. The number of hydrogen-bond acceptors (Lipinski definition) is 2. The largest absolute Gasteiger partial charge is 0.457 e. The van der Waals surface area contributed by atoms with Crippen LogP contribution in [0.2, 0.25) is 0 Å². The van der Waals surface area contributed by atoms with Crippen molar-refractivity contribution < 1.29 is 4.74 Å². The molecule has 0 heterocycles. The minimum atomic E-state index is 0.243. The maximum Gasteiger partial charge on any atom is 0.132 e. The summed E-state index contributed by atoms with van der Waals surface area (Å²) in [7, 11) is 0. The zero-order chi connectivity index (χ0) is 15.2. The lowest BCUT2D eigenvalue weighted by Gasteiger charge is -2.18. The van der Waals surface area contributed by atoms with Gasteiger partial charge >= 0.3 is 0 Å². The molecule has 2 rings (SSSR count). The molecule has 21 heavy (non-hydrogen) atoms. The van der Waals surface area contributed by atoms with Crippen molar-refractivity contribution in [1.29, 1.82) is 0 Å². The molecule has 0 radical (unpaired) electrons. The molecule has 112 valence electrons. The predicted molar refractivity (Wildman–Crippen MR) is 95.1 cm³/mol. The van der Waals surface area contributed by atoms with Gasteiger partial charge < -0.3 is 10.1 Å². The maximum absolute atomic E-state index is 6.04. The van der Waals surface area contributed by atoms with Gasteiger partial charge in [0, 0.05) is 20.6 Å². The minimum Gasteiger partial charge on any atom is -0.457 e. The first-order chi connectivity index (χ1) is 10.1. The van der Waals surface area contributed by atoms with Gasteiger partial charge in [0.15, 0.2) is 0 Å². The molecule has 1 N–H and O–H groups in total. The Hall–Kier alpha value is -0.840. The van der Waals surface area contributed by atoms with E-state index < -0.39 is 0 Å². The first kappa shape index (κ1) is 16.5. The minimum absolute atomic E-state index is 0.243. The normalized spacial score (nSPS) is 12.2. The second kappa shape index (κ2) is 7.97. The lowest BCUT2D eigenvalue weighted by molar-refractivity contribution is 0.460. The van der Waals surface area contributed by atoms with Crippen LogP contribution in [-0.2, 0) is 0 Å². The summed E-state index contributed by atoms with van der Waals surface area (Å²) in [5.74, 6) is 1.72. The first-order valence-corrected chi connectivity index (χ1v) is 8.65. The van der Waals surface area contributed by atoms with Crippen molar-refractivity contribution in [1.82, 2.24) is 5.32 Å². The van der Waals surface area contributed by atoms with Crippen LogP contribution in [-0.4, -0.2) is 6.54 Å². The molecular formula is C17H19Br2NO. The van der Waals surface area contributed by atoms with Crippen molar-refractivity contribution in [3.8, 4) is 11.5 Å². The number of halogens is 2. The fourth-order valence-corrected chi connectivity index (χ4v) is 2.69. The summed E-state index contributed by atoms with van der Waals surface area (Å²) in [5.41, 5.74) is 1.15. The molecule has 0 bridgehead atoms. The third-order valence-corrected chi connectivity index (χ3v) is 4.20. The summed E-state index contributed by atoms with van der Waals surface area (Å²) in [6.45, 7) is 5.32. The Kier molecular flexibility index (Phi) is 6.27. The molecule has 0 saturated heterocycles. The average molecular weight is 413 g/mol. The van der Waals surface area contributed by atoms with E-state index in [9.17, 15) is 0 Å². The third-order valence-electron chi connectivity index (χ3n) is 3.18. The molecule has 0 aliphatic heterocycles. The Morgan fingerprint density at radius 2 is 1.71 bits per heavy atom. The van der Waals surface area contributed by atoms with E-state index in [1.165, 1.54) is 0 Å². The average Bonchev–Trinajstić information content (AvgIpc) is 2.49.